The largest absolute Gasteiger partial charge is 0.480 e. The molecule has 0 saturated carbocycles. The van der Waals surface area contributed by atoms with Gasteiger partial charge in [0.05, 0.1) is 0 Å². The fourth-order valence-corrected chi connectivity index (χ4v) is 1.95. The Morgan fingerprint density at radius 1 is 1.44 bits per heavy atom. The van der Waals surface area contributed by atoms with Gasteiger partial charge in [0.1, 0.15) is 6.04 Å². The molecule has 1 aliphatic rings. The van der Waals surface area contributed by atoms with Gasteiger partial charge in [0.15, 0.2) is 11.5 Å². The molecule has 1 aliphatic heterocycles. The summed E-state index contributed by atoms with van der Waals surface area (Å²) in [6.07, 6.45) is 0. The van der Waals surface area contributed by atoms with E-state index in [1.807, 2.05) is 30.0 Å². The van der Waals surface area contributed by atoms with Crippen molar-refractivity contribution < 1.29 is 19.4 Å². The van der Waals surface area contributed by atoms with Crippen LogP contribution < -0.4 is 9.47 Å². The van der Waals surface area contributed by atoms with Crippen LogP contribution in [0.2, 0.25) is 0 Å². The molecule has 0 bridgehead atoms. The van der Waals surface area contributed by atoms with Crippen molar-refractivity contribution in [1.82, 2.24) is 4.90 Å². The minimum Gasteiger partial charge on any atom is -0.480 e. The predicted molar refractivity (Wildman–Crippen MR) is 65.7 cm³/mol. The summed E-state index contributed by atoms with van der Waals surface area (Å²) in [6.45, 7) is 5.16. The number of carboxylic acid groups (broad SMARTS) is 1. The SMILES string of the molecule is CCN(Cc1ccc2c(c1)OCO2)[C@@H](C)C(=O)O. The van der Waals surface area contributed by atoms with Crippen LogP contribution in [0.25, 0.3) is 0 Å². The number of likely N-dealkylation sites (N-methyl/N-ethyl adjacent to an activating group) is 1. The molecule has 1 N–H and O–H groups in total. The second kappa shape index (κ2) is 5.27. The van der Waals surface area contributed by atoms with Crippen molar-refractivity contribution in [3.8, 4) is 11.5 Å². The summed E-state index contributed by atoms with van der Waals surface area (Å²) < 4.78 is 10.5. The maximum Gasteiger partial charge on any atom is 0.320 e. The number of hydrogen-bond donors (Lipinski definition) is 1. The number of nitrogens with zero attached hydrogens (tertiary/aromatic N) is 1. The highest BCUT2D eigenvalue weighted by atomic mass is 16.7. The summed E-state index contributed by atoms with van der Waals surface area (Å²) in [5.41, 5.74) is 1.02. The molecule has 1 aromatic carbocycles. The Kier molecular flexibility index (Phi) is 3.72. The highest BCUT2D eigenvalue weighted by Gasteiger charge is 2.20. The first-order chi connectivity index (χ1) is 8.61. The van der Waals surface area contributed by atoms with Crippen LogP contribution in [0.3, 0.4) is 0 Å². The van der Waals surface area contributed by atoms with Gasteiger partial charge >= 0.3 is 5.97 Å². The van der Waals surface area contributed by atoms with Gasteiger partial charge < -0.3 is 14.6 Å². The minimum atomic E-state index is -0.808. The first-order valence-electron chi connectivity index (χ1n) is 5.97. The highest BCUT2D eigenvalue weighted by molar-refractivity contribution is 5.72. The lowest BCUT2D eigenvalue weighted by molar-refractivity contribution is -0.142. The molecule has 5 nitrogen and oxygen atoms in total. The molecular weight excluding hydrogens is 234 g/mol. The van der Waals surface area contributed by atoms with Gasteiger partial charge in [-0.15, -0.1) is 0 Å². The Hall–Kier alpha value is -1.75. The molecule has 1 aromatic rings. The molecule has 98 valence electrons. The summed E-state index contributed by atoms with van der Waals surface area (Å²) in [5, 5.41) is 9.03. The van der Waals surface area contributed by atoms with Crippen molar-refractivity contribution >= 4 is 5.97 Å². The lowest BCUT2D eigenvalue weighted by atomic mass is 10.1. The lowest BCUT2D eigenvalue weighted by Crippen LogP contribution is -2.38. The number of hydrogen-bond acceptors (Lipinski definition) is 4. The Labute approximate surface area is 106 Å². The molecule has 1 atom stereocenters. The maximum absolute atomic E-state index is 11.0. The zero-order valence-corrected chi connectivity index (χ0v) is 10.5. The maximum atomic E-state index is 11.0. The quantitative estimate of drug-likeness (QED) is 0.863. The van der Waals surface area contributed by atoms with E-state index in [1.54, 1.807) is 6.92 Å². The monoisotopic (exact) mass is 251 g/mol. The van der Waals surface area contributed by atoms with E-state index in [2.05, 4.69) is 0 Å². The molecule has 0 spiro atoms. The minimum absolute atomic E-state index is 0.252. The predicted octanol–water partition coefficient (Wildman–Crippen LogP) is 1.71. The molecule has 0 aromatic heterocycles. The lowest BCUT2D eigenvalue weighted by Gasteiger charge is -2.24. The van der Waals surface area contributed by atoms with Crippen molar-refractivity contribution in [2.24, 2.45) is 0 Å². The number of aliphatic carboxylic acids is 1. The van der Waals surface area contributed by atoms with E-state index in [4.69, 9.17) is 14.6 Å². The molecule has 0 aliphatic carbocycles. The van der Waals surface area contributed by atoms with E-state index < -0.39 is 12.0 Å². The van der Waals surface area contributed by atoms with Crippen LogP contribution in [0.5, 0.6) is 11.5 Å². The van der Waals surface area contributed by atoms with E-state index in [-0.39, 0.29) is 6.79 Å². The molecule has 0 radical (unpaired) electrons. The topological polar surface area (TPSA) is 59.0 Å². The van der Waals surface area contributed by atoms with Crippen LogP contribution in [0.15, 0.2) is 18.2 Å². The zero-order valence-electron chi connectivity index (χ0n) is 10.5. The van der Waals surface area contributed by atoms with Crippen molar-refractivity contribution in [2.45, 2.75) is 26.4 Å². The van der Waals surface area contributed by atoms with E-state index in [9.17, 15) is 4.79 Å². The summed E-state index contributed by atoms with van der Waals surface area (Å²) in [5.74, 6) is 0.664. The molecule has 18 heavy (non-hydrogen) atoms. The Balaban J connectivity index is 2.10. The molecule has 2 rings (SSSR count). The van der Waals surface area contributed by atoms with Crippen LogP contribution in [-0.4, -0.2) is 35.4 Å². The van der Waals surface area contributed by atoms with Crippen molar-refractivity contribution in [3.63, 3.8) is 0 Å². The van der Waals surface area contributed by atoms with Crippen molar-refractivity contribution in [2.75, 3.05) is 13.3 Å². The molecule has 1 heterocycles. The summed E-state index contributed by atoms with van der Waals surface area (Å²) in [7, 11) is 0. The zero-order chi connectivity index (χ0) is 13.1. The smallest absolute Gasteiger partial charge is 0.320 e. The normalized spacial score (nSPS) is 14.8. The molecule has 0 saturated heterocycles. The fraction of sp³-hybridized carbons (Fsp3) is 0.462. The number of carboxylic acids is 1. The Bertz CT molecular complexity index is 447. The fourth-order valence-electron chi connectivity index (χ4n) is 1.95. The van der Waals surface area contributed by atoms with Crippen molar-refractivity contribution in [1.29, 1.82) is 0 Å². The van der Waals surface area contributed by atoms with Gasteiger partial charge in [-0.2, -0.15) is 0 Å². The molecule has 0 fully saturated rings. The van der Waals surface area contributed by atoms with E-state index in [0.717, 1.165) is 17.1 Å². The highest BCUT2D eigenvalue weighted by Crippen LogP contribution is 2.32. The van der Waals surface area contributed by atoms with Crippen LogP contribution in [0, 0.1) is 0 Å². The van der Waals surface area contributed by atoms with Crippen LogP contribution in [-0.2, 0) is 11.3 Å². The standard InChI is InChI=1S/C13H17NO4/c1-3-14(9(2)13(15)16)7-10-4-5-11-12(6-10)18-8-17-11/h4-6,9H,3,7-8H2,1-2H3,(H,15,16)/t9-/m0/s1. The third-order valence-electron chi connectivity index (χ3n) is 3.13. The van der Waals surface area contributed by atoms with Gasteiger partial charge in [-0.05, 0) is 31.2 Å². The molecular formula is C13H17NO4. The second-order valence-electron chi connectivity index (χ2n) is 4.26. The number of ether oxygens (including phenoxy) is 2. The number of benzene rings is 1. The van der Waals surface area contributed by atoms with Crippen LogP contribution in [0.4, 0.5) is 0 Å². The number of fused-ring (bicyclic) bond motifs is 1. The van der Waals surface area contributed by atoms with Gasteiger partial charge in [0.2, 0.25) is 6.79 Å². The molecule has 0 amide bonds. The van der Waals surface area contributed by atoms with Gasteiger partial charge in [-0.25, -0.2) is 0 Å². The van der Waals surface area contributed by atoms with Gasteiger partial charge in [0, 0.05) is 6.54 Å². The third-order valence-corrected chi connectivity index (χ3v) is 3.13. The van der Waals surface area contributed by atoms with E-state index in [1.165, 1.54) is 0 Å². The summed E-state index contributed by atoms with van der Waals surface area (Å²) >= 11 is 0. The van der Waals surface area contributed by atoms with Gasteiger partial charge in [0.25, 0.3) is 0 Å². The van der Waals surface area contributed by atoms with E-state index in [0.29, 0.717) is 13.1 Å². The molecule has 0 unspecified atom stereocenters. The Morgan fingerprint density at radius 3 is 2.83 bits per heavy atom. The van der Waals surface area contributed by atoms with Gasteiger partial charge in [-0.3, -0.25) is 9.69 Å². The van der Waals surface area contributed by atoms with Crippen LogP contribution in [0.1, 0.15) is 19.4 Å². The second-order valence-corrected chi connectivity index (χ2v) is 4.26. The average molecular weight is 251 g/mol. The number of rotatable bonds is 5. The molecule has 5 heteroatoms. The Morgan fingerprint density at radius 2 is 2.17 bits per heavy atom. The van der Waals surface area contributed by atoms with Crippen molar-refractivity contribution in [3.05, 3.63) is 23.8 Å². The van der Waals surface area contributed by atoms with Crippen LogP contribution >= 0.6 is 0 Å². The average Bonchev–Trinajstić information content (AvgIpc) is 2.82. The summed E-state index contributed by atoms with van der Waals surface area (Å²) in [4.78, 5) is 12.9. The number of carbonyl (C=O) groups is 1. The van der Waals surface area contributed by atoms with Gasteiger partial charge in [-0.1, -0.05) is 13.0 Å². The third kappa shape index (κ3) is 2.56. The first-order valence-corrected chi connectivity index (χ1v) is 5.97. The van der Waals surface area contributed by atoms with E-state index >= 15 is 0 Å². The summed E-state index contributed by atoms with van der Waals surface area (Å²) in [6, 6.07) is 5.20. The first kappa shape index (κ1) is 12.7.